The van der Waals surface area contributed by atoms with E-state index in [0.29, 0.717) is 24.5 Å². The van der Waals surface area contributed by atoms with Crippen LogP contribution in [0.15, 0.2) is 24.3 Å². The van der Waals surface area contributed by atoms with E-state index in [9.17, 15) is 4.79 Å². The second-order valence-corrected chi connectivity index (χ2v) is 3.03. The summed E-state index contributed by atoms with van der Waals surface area (Å²) >= 11 is 0. The smallest absolute Gasteiger partial charge is 0.342 e. The first kappa shape index (κ1) is 12.5. The van der Waals surface area contributed by atoms with Crippen LogP contribution in [-0.4, -0.2) is 32.9 Å². The molecule has 88 valence electrons. The monoisotopic (exact) mass is 224 g/mol. The third-order valence-electron chi connectivity index (χ3n) is 1.99. The molecule has 16 heavy (non-hydrogen) atoms. The molecular weight excluding hydrogens is 208 g/mol. The van der Waals surface area contributed by atoms with E-state index in [1.807, 2.05) is 6.92 Å². The third kappa shape index (κ3) is 3.55. The predicted octanol–water partition coefficient (Wildman–Crippen LogP) is 1.89. The van der Waals surface area contributed by atoms with Gasteiger partial charge in [0, 0.05) is 6.61 Å². The molecule has 0 heterocycles. The van der Waals surface area contributed by atoms with Crippen molar-refractivity contribution in [3.8, 4) is 5.75 Å². The summed E-state index contributed by atoms with van der Waals surface area (Å²) in [6.07, 6.45) is 0. The molecule has 0 aromatic heterocycles. The van der Waals surface area contributed by atoms with E-state index in [4.69, 9.17) is 14.2 Å². The Balaban J connectivity index is 2.52. The molecule has 1 aromatic rings. The van der Waals surface area contributed by atoms with Crippen molar-refractivity contribution in [2.75, 3.05) is 26.9 Å². The summed E-state index contributed by atoms with van der Waals surface area (Å²) in [6.45, 7) is 3.18. The van der Waals surface area contributed by atoms with Crippen LogP contribution in [0.25, 0.3) is 0 Å². The lowest BCUT2D eigenvalue weighted by Crippen LogP contribution is -2.11. The van der Waals surface area contributed by atoms with Crippen LogP contribution in [0.2, 0.25) is 0 Å². The molecule has 1 aromatic carbocycles. The second kappa shape index (κ2) is 6.85. The highest BCUT2D eigenvalue weighted by atomic mass is 16.6. The van der Waals surface area contributed by atoms with Crippen molar-refractivity contribution in [2.24, 2.45) is 0 Å². The van der Waals surface area contributed by atoms with Crippen LogP contribution >= 0.6 is 0 Å². The second-order valence-electron chi connectivity index (χ2n) is 3.03. The molecular formula is C12H16O4. The van der Waals surface area contributed by atoms with Crippen LogP contribution in [-0.2, 0) is 9.47 Å². The van der Waals surface area contributed by atoms with Gasteiger partial charge in [-0.2, -0.15) is 0 Å². The van der Waals surface area contributed by atoms with Gasteiger partial charge in [-0.15, -0.1) is 0 Å². The Morgan fingerprint density at radius 3 is 2.69 bits per heavy atom. The standard InChI is InChI=1S/C12H16O4/c1-3-15-8-9-16-12(13)10-6-4-5-7-11(10)14-2/h4-7H,3,8-9H2,1-2H3. The largest absolute Gasteiger partial charge is 0.496 e. The van der Waals surface area contributed by atoms with Crippen molar-refractivity contribution in [3.05, 3.63) is 29.8 Å². The van der Waals surface area contributed by atoms with Gasteiger partial charge in [0.2, 0.25) is 0 Å². The van der Waals surface area contributed by atoms with Crippen LogP contribution in [0, 0.1) is 0 Å². The van der Waals surface area contributed by atoms with Gasteiger partial charge in [-0.25, -0.2) is 4.79 Å². The molecule has 0 aliphatic heterocycles. The Hall–Kier alpha value is -1.55. The summed E-state index contributed by atoms with van der Waals surface area (Å²) in [7, 11) is 1.52. The van der Waals surface area contributed by atoms with Gasteiger partial charge in [-0.1, -0.05) is 12.1 Å². The van der Waals surface area contributed by atoms with Gasteiger partial charge in [0.1, 0.15) is 17.9 Å². The molecule has 0 N–H and O–H groups in total. The summed E-state index contributed by atoms with van der Waals surface area (Å²) in [6, 6.07) is 6.96. The maximum atomic E-state index is 11.6. The Bertz CT molecular complexity index is 336. The van der Waals surface area contributed by atoms with Crippen molar-refractivity contribution in [1.82, 2.24) is 0 Å². The first-order valence-electron chi connectivity index (χ1n) is 5.17. The SMILES string of the molecule is CCOCCOC(=O)c1ccccc1OC. The first-order chi connectivity index (χ1) is 7.79. The lowest BCUT2D eigenvalue weighted by molar-refractivity contribution is 0.0332. The molecule has 0 saturated heterocycles. The Labute approximate surface area is 95.1 Å². The quantitative estimate of drug-likeness (QED) is 0.546. The highest BCUT2D eigenvalue weighted by Crippen LogP contribution is 2.17. The van der Waals surface area contributed by atoms with Gasteiger partial charge in [0.05, 0.1) is 13.7 Å². The maximum absolute atomic E-state index is 11.6. The van der Waals surface area contributed by atoms with Gasteiger partial charge in [-0.05, 0) is 19.1 Å². The lowest BCUT2D eigenvalue weighted by Gasteiger charge is -2.08. The van der Waals surface area contributed by atoms with Crippen LogP contribution in [0.3, 0.4) is 0 Å². The molecule has 0 atom stereocenters. The number of rotatable bonds is 6. The summed E-state index contributed by atoms with van der Waals surface area (Å²) in [5.41, 5.74) is 0.432. The Morgan fingerprint density at radius 1 is 1.25 bits per heavy atom. The number of para-hydroxylation sites is 1. The fourth-order valence-electron chi connectivity index (χ4n) is 1.23. The highest BCUT2D eigenvalue weighted by molar-refractivity contribution is 5.92. The number of hydrogen-bond donors (Lipinski definition) is 0. The summed E-state index contributed by atoms with van der Waals surface area (Å²) in [5, 5.41) is 0. The topological polar surface area (TPSA) is 44.8 Å². The van der Waals surface area contributed by atoms with Crippen molar-refractivity contribution in [3.63, 3.8) is 0 Å². The van der Waals surface area contributed by atoms with E-state index in [-0.39, 0.29) is 6.61 Å². The van der Waals surface area contributed by atoms with Gasteiger partial charge >= 0.3 is 5.97 Å². The molecule has 0 radical (unpaired) electrons. The van der Waals surface area contributed by atoms with Crippen LogP contribution < -0.4 is 4.74 Å². The minimum absolute atomic E-state index is 0.255. The van der Waals surface area contributed by atoms with Gasteiger partial charge in [0.25, 0.3) is 0 Å². The highest BCUT2D eigenvalue weighted by Gasteiger charge is 2.12. The number of ether oxygens (including phenoxy) is 3. The molecule has 0 bridgehead atoms. The van der Waals surface area contributed by atoms with Crippen molar-refractivity contribution >= 4 is 5.97 Å². The molecule has 0 saturated carbocycles. The van der Waals surface area contributed by atoms with Crippen molar-refractivity contribution in [1.29, 1.82) is 0 Å². The number of esters is 1. The van der Waals surface area contributed by atoms with Gasteiger partial charge < -0.3 is 14.2 Å². The number of methoxy groups -OCH3 is 1. The minimum atomic E-state index is -0.392. The van der Waals surface area contributed by atoms with E-state index >= 15 is 0 Å². The molecule has 0 aliphatic rings. The number of carbonyl (C=O) groups excluding carboxylic acids is 1. The zero-order valence-electron chi connectivity index (χ0n) is 9.56. The van der Waals surface area contributed by atoms with Crippen LogP contribution in [0.5, 0.6) is 5.75 Å². The maximum Gasteiger partial charge on any atom is 0.342 e. The molecule has 0 amide bonds. The minimum Gasteiger partial charge on any atom is -0.496 e. The van der Waals surface area contributed by atoms with E-state index < -0.39 is 5.97 Å². The fraction of sp³-hybridized carbons (Fsp3) is 0.417. The van der Waals surface area contributed by atoms with Crippen LogP contribution in [0.4, 0.5) is 0 Å². The first-order valence-corrected chi connectivity index (χ1v) is 5.17. The number of benzene rings is 1. The average molecular weight is 224 g/mol. The Morgan fingerprint density at radius 2 is 2.00 bits per heavy atom. The molecule has 4 nitrogen and oxygen atoms in total. The number of hydrogen-bond acceptors (Lipinski definition) is 4. The summed E-state index contributed by atoms with van der Waals surface area (Å²) in [4.78, 5) is 11.6. The van der Waals surface area contributed by atoms with Crippen LogP contribution in [0.1, 0.15) is 17.3 Å². The molecule has 0 spiro atoms. The summed E-state index contributed by atoms with van der Waals surface area (Å²) in [5.74, 6) is 0.126. The van der Waals surface area contributed by atoms with Gasteiger partial charge in [-0.3, -0.25) is 0 Å². The van der Waals surface area contributed by atoms with E-state index in [2.05, 4.69) is 0 Å². The van der Waals surface area contributed by atoms with Gasteiger partial charge in [0.15, 0.2) is 0 Å². The van der Waals surface area contributed by atoms with Crippen molar-refractivity contribution in [2.45, 2.75) is 6.92 Å². The predicted molar refractivity (Wildman–Crippen MR) is 59.8 cm³/mol. The third-order valence-corrected chi connectivity index (χ3v) is 1.99. The number of carbonyl (C=O) groups is 1. The fourth-order valence-corrected chi connectivity index (χ4v) is 1.23. The molecule has 1 rings (SSSR count). The lowest BCUT2D eigenvalue weighted by atomic mass is 10.2. The normalized spacial score (nSPS) is 9.88. The molecule has 0 unspecified atom stereocenters. The zero-order valence-corrected chi connectivity index (χ0v) is 9.56. The van der Waals surface area contributed by atoms with E-state index in [1.54, 1.807) is 24.3 Å². The van der Waals surface area contributed by atoms with E-state index in [1.165, 1.54) is 7.11 Å². The Kier molecular flexibility index (Phi) is 5.36. The molecule has 0 aliphatic carbocycles. The van der Waals surface area contributed by atoms with E-state index in [0.717, 1.165) is 0 Å². The zero-order chi connectivity index (χ0) is 11.8. The average Bonchev–Trinajstić information content (AvgIpc) is 2.34. The van der Waals surface area contributed by atoms with Crippen molar-refractivity contribution < 1.29 is 19.0 Å². The molecule has 4 heteroatoms. The summed E-state index contributed by atoms with van der Waals surface area (Å²) < 4.78 is 15.2. The molecule has 0 fully saturated rings.